The van der Waals surface area contributed by atoms with E-state index in [1.165, 1.54) is 0 Å². The number of carbonyl (C=O) groups is 2. The van der Waals surface area contributed by atoms with Crippen molar-refractivity contribution in [1.29, 1.82) is 0 Å². The molecule has 0 spiro atoms. The summed E-state index contributed by atoms with van der Waals surface area (Å²) in [4.78, 5) is 19.2. The summed E-state index contributed by atoms with van der Waals surface area (Å²) in [5, 5.41) is 19.2. The Hall–Kier alpha value is -0.230. The van der Waals surface area contributed by atoms with Gasteiger partial charge >= 0.3 is 25.8 Å². The molecule has 0 aliphatic rings. The SMILES string of the molecule is CC(C)C(=O)[O-].CC(C)C(=O)[O-].[In+3].[OH-]. The van der Waals surface area contributed by atoms with Gasteiger partial charge in [-0.15, -0.1) is 0 Å². The molecule has 0 rings (SSSR count). The van der Waals surface area contributed by atoms with Gasteiger partial charge in [0.1, 0.15) is 0 Å². The first kappa shape index (κ1) is 23.5. The molecule has 1 N–H and O–H groups in total. The van der Waals surface area contributed by atoms with E-state index in [0.29, 0.717) is 0 Å². The van der Waals surface area contributed by atoms with Gasteiger partial charge in [-0.3, -0.25) is 0 Å². The Kier molecular flexibility index (Phi) is 21.5. The molecule has 0 unspecified atom stereocenters. The maximum Gasteiger partial charge on any atom is 3.00 e. The third-order valence-electron chi connectivity index (χ3n) is 0.943. The normalized spacial score (nSPS) is 7.86. The maximum atomic E-state index is 9.59. The van der Waals surface area contributed by atoms with Crippen LogP contribution in [-0.2, 0) is 9.59 Å². The van der Waals surface area contributed by atoms with Crippen LogP contribution in [0.4, 0.5) is 0 Å². The molecule has 0 radical (unpaired) electrons. The van der Waals surface area contributed by atoms with Crippen molar-refractivity contribution in [2.24, 2.45) is 11.8 Å². The second-order valence-corrected chi connectivity index (χ2v) is 2.95. The van der Waals surface area contributed by atoms with Crippen LogP contribution in [0.3, 0.4) is 0 Å². The van der Waals surface area contributed by atoms with Crippen LogP contribution in [0.25, 0.3) is 0 Å². The number of aliphatic carboxylic acids is 2. The largest absolute Gasteiger partial charge is 3.00 e. The molecular formula is C8H15InO5. The fourth-order valence-electron chi connectivity index (χ4n) is 0. The van der Waals surface area contributed by atoms with Crippen molar-refractivity contribution < 1.29 is 25.3 Å². The zero-order valence-corrected chi connectivity index (χ0v) is 12.1. The van der Waals surface area contributed by atoms with Crippen LogP contribution in [0.5, 0.6) is 0 Å². The molecule has 0 heterocycles. The number of hydrogen-bond donors (Lipinski definition) is 0. The van der Waals surface area contributed by atoms with Gasteiger partial charge in [-0.05, 0) is 11.8 Å². The summed E-state index contributed by atoms with van der Waals surface area (Å²) in [7, 11) is 0. The van der Waals surface area contributed by atoms with E-state index in [2.05, 4.69) is 0 Å². The quantitative estimate of drug-likeness (QED) is 0.599. The summed E-state index contributed by atoms with van der Waals surface area (Å²) in [6, 6.07) is 0. The fourth-order valence-corrected chi connectivity index (χ4v) is 0. The van der Waals surface area contributed by atoms with Gasteiger partial charge in [0.15, 0.2) is 0 Å². The Balaban J connectivity index is -0.0000000625. The van der Waals surface area contributed by atoms with Gasteiger partial charge in [-0.2, -0.15) is 0 Å². The third-order valence-corrected chi connectivity index (χ3v) is 0.943. The van der Waals surface area contributed by atoms with Gasteiger partial charge in [0.25, 0.3) is 0 Å². The summed E-state index contributed by atoms with van der Waals surface area (Å²) in [6.45, 7) is 6.31. The molecule has 6 heteroatoms. The summed E-state index contributed by atoms with van der Waals surface area (Å²) >= 11 is 0. The summed E-state index contributed by atoms with van der Waals surface area (Å²) in [5.74, 6) is -2.67. The van der Waals surface area contributed by atoms with E-state index in [-0.39, 0.29) is 43.2 Å². The van der Waals surface area contributed by atoms with Gasteiger partial charge in [0.2, 0.25) is 0 Å². The topological polar surface area (TPSA) is 110 Å². The molecule has 0 aliphatic carbocycles. The molecule has 0 aromatic rings. The van der Waals surface area contributed by atoms with Gasteiger partial charge in [-0.25, -0.2) is 0 Å². The molecule has 0 saturated heterocycles. The average Bonchev–Trinajstić information content (AvgIpc) is 1.88. The molecule has 5 nitrogen and oxygen atoms in total. The smallest absolute Gasteiger partial charge is 0.870 e. The first-order valence-corrected chi connectivity index (χ1v) is 3.70. The van der Waals surface area contributed by atoms with E-state index in [0.717, 1.165) is 0 Å². The molecule has 0 bridgehead atoms. The van der Waals surface area contributed by atoms with Crippen LogP contribution >= 0.6 is 0 Å². The van der Waals surface area contributed by atoms with Crippen LogP contribution in [-0.4, -0.2) is 43.3 Å². The van der Waals surface area contributed by atoms with Crippen LogP contribution in [0.2, 0.25) is 0 Å². The Bertz CT molecular complexity index is 138. The standard InChI is InChI=1S/2C4H8O2.In.H2O/c2*1-3(2)4(5)6;;/h2*3H,1-2H3,(H,5,6);;1H2/q;;+3;/p-3. The van der Waals surface area contributed by atoms with E-state index in [9.17, 15) is 19.8 Å². The van der Waals surface area contributed by atoms with Crippen molar-refractivity contribution in [2.45, 2.75) is 27.7 Å². The molecule has 0 aromatic carbocycles. The second kappa shape index (κ2) is 12.8. The van der Waals surface area contributed by atoms with Crippen LogP contribution < -0.4 is 10.2 Å². The average molecular weight is 306 g/mol. The van der Waals surface area contributed by atoms with Crippen molar-refractivity contribution in [3.8, 4) is 0 Å². The summed E-state index contributed by atoms with van der Waals surface area (Å²) in [5.41, 5.74) is 0. The van der Waals surface area contributed by atoms with E-state index in [1.807, 2.05) is 0 Å². The molecule has 80 valence electrons. The van der Waals surface area contributed by atoms with Crippen LogP contribution in [0.15, 0.2) is 0 Å². The first-order chi connectivity index (χ1) is 5.29. The maximum absolute atomic E-state index is 9.59. The molecular weight excluding hydrogens is 291 g/mol. The Morgan fingerprint density at radius 2 is 0.929 bits per heavy atom. The minimum atomic E-state index is -0.991. The monoisotopic (exact) mass is 306 g/mol. The number of carbonyl (C=O) groups excluding carboxylic acids is 2. The van der Waals surface area contributed by atoms with Crippen LogP contribution in [0, 0.1) is 11.8 Å². The van der Waals surface area contributed by atoms with Gasteiger partial charge in [-0.1, -0.05) is 27.7 Å². The molecule has 0 aromatic heterocycles. The number of rotatable bonds is 2. The Labute approximate surface area is 103 Å². The van der Waals surface area contributed by atoms with Crippen LogP contribution in [0.1, 0.15) is 27.7 Å². The summed E-state index contributed by atoms with van der Waals surface area (Å²) < 4.78 is 0. The minimum absolute atomic E-state index is 0. The third kappa shape index (κ3) is 22.6. The molecule has 0 amide bonds. The number of hydrogen-bond acceptors (Lipinski definition) is 5. The minimum Gasteiger partial charge on any atom is -0.870 e. The number of carboxylic acids is 2. The zero-order valence-electron chi connectivity index (χ0n) is 8.81. The van der Waals surface area contributed by atoms with E-state index < -0.39 is 11.9 Å². The van der Waals surface area contributed by atoms with E-state index in [4.69, 9.17) is 0 Å². The molecule has 0 fully saturated rings. The van der Waals surface area contributed by atoms with Crippen molar-refractivity contribution >= 4 is 37.8 Å². The Morgan fingerprint density at radius 1 is 0.857 bits per heavy atom. The summed E-state index contributed by atoms with van der Waals surface area (Å²) in [6.07, 6.45) is 0. The number of carboxylic acid groups (broad SMARTS) is 2. The van der Waals surface area contributed by atoms with Crippen molar-refractivity contribution in [2.75, 3.05) is 0 Å². The zero-order chi connectivity index (χ0) is 10.3. The second-order valence-electron chi connectivity index (χ2n) is 2.95. The Morgan fingerprint density at radius 3 is 0.929 bits per heavy atom. The van der Waals surface area contributed by atoms with E-state index >= 15 is 0 Å². The molecule has 0 saturated carbocycles. The van der Waals surface area contributed by atoms with Crippen molar-refractivity contribution in [3.63, 3.8) is 0 Å². The predicted octanol–water partition coefficient (Wildman–Crippen LogP) is -1.77. The van der Waals surface area contributed by atoms with Crippen molar-refractivity contribution in [1.82, 2.24) is 0 Å². The molecule has 0 aliphatic heterocycles. The first-order valence-electron chi connectivity index (χ1n) is 3.70. The van der Waals surface area contributed by atoms with Gasteiger partial charge < -0.3 is 25.3 Å². The fraction of sp³-hybridized carbons (Fsp3) is 0.750. The molecule has 14 heavy (non-hydrogen) atoms. The van der Waals surface area contributed by atoms with Crippen molar-refractivity contribution in [3.05, 3.63) is 0 Å². The van der Waals surface area contributed by atoms with E-state index in [1.54, 1.807) is 27.7 Å². The predicted molar refractivity (Wildman–Crippen MR) is 47.4 cm³/mol. The van der Waals surface area contributed by atoms with Gasteiger partial charge in [0, 0.05) is 11.9 Å². The van der Waals surface area contributed by atoms with Gasteiger partial charge in [0.05, 0.1) is 0 Å². The molecule has 0 atom stereocenters.